The van der Waals surface area contributed by atoms with E-state index in [2.05, 4.69) is 12.6 Å². The van der Waals surface area contributed by atoms with Crippen LogP contribution in [0.25, 0.3) is 0 Å². The molecule has 1 rings (SSSR count). The van der Waals surface area contributed by atoms with Crippen LogP contribution in [0, 0.1) is 5.92 Å². The van der Waals surface area contributed by atoms with Crippen LogP contribution in [0.1, 0.15) is 32.6 Å². The lowest BCUT2D eigenvalue weighted by molar-refractivity contribution is -0.130. The zero-order valence-electron chi connectivity index (χ0n) is 7.25. The fourth-order valence-corrected chi connectivity index (χ4v) is 1.77. The summed E-state index contributed by atoms with van der Waals surface area (Å²) in [6.45, 7) is 1.88. The molecule has 0 bridgehead atoms. The molecular weight excluding hydrogens is 172 g/mol. The lowest BCUT2D eigenvalue weighted by atomic mass is 9.98. The molecule has 1 aliphatic carbocycles. The van der Waals surface area contributed by atoms with Gasteiger partial charge in [-0.1, -0.05) is 6.92 Å². The van der Waals surface area contributed by atoms with Gasteiger partial charge in [-0.05, 0) is 12.8 Å². The smallest absolute Gasteiger partial charge is 0.144 e. The van der Waals surface area contributed by atoms with Gasteiger partial charge in [0.2, 0.25) is 0 Å². The van der Waals surface area contributed by atoms with Gasteiger partial charge < -0.3 is 0 Å². The molecule has 2 nitrogen and oxygen atoms in total. The molecule has 2 unspecified atom stereocenters. The van der Waals surface area contributed by atoms with E-state index in [1.807, 2.05) is 6.92 Å². The maximum atomic E-state index is 11.4. The van der Waals surface area contributed by atoms with Gasteiger partial charge >= 0.3 is 0 Å². The van der Waals surface area contributed by atoms with Crippen LogP contribution in [0.15, 0.2) is 0 Å². The maximum absolute atomic E-state index is 11.4. The molecule has 1 fully saturated rings. The van der Waals surface area contributed by atoms with Crippen molar-refractivity contribution in [2.24, 2.45) is 5.92 Å². The normalized spacial score (nSPS) is 25.8. The predicted octanol–water partition coefficient (Wildman–Crippen LogP) is 1.63. The Morgan fingerprint density at radius 2 is 2.42 bits per heavy atom. The van der Waals surface area contributed by atoms with Gasteiger partial charge in [0, 0.05) is 18.1 Å². The van der Waals surface area contributed by atoms with Crippen molar-refractivity contribution in [3.8, 4) is 0 Å². The van der Waals surface area contributed by atoms with Crippen molar-refractivity contribution in [2.45, 2.75) is 37.9 Å². The quantitative estimate of drug-likeness (QED) is 0.537. The van der Waals surface area contributed by atoms with Crippen molar-refractivity contribution in [2.75, 3.05) is 0 Å². The maximum Gasteiger partial charge on any atom is 0.144 e. The molecule has 68 valence electrons. The Morgan fingerprint density at radius 1 is 1.75 bits per heavy atom. The minimum Gasteiger partial charge on any atom is -0.299 e. The van der Waals surface area contributed by atoms with Crippen molar-refractivity contribution in [3.63, 3.8) is 0 Å². The second-order valence-corrected chi connectivity index (χ2v) is 4.31. The standard InChI is InChI=1S/C9H14O2S/c1-6(12)5-9(11)7-3-2-4-8(7)10/h6-7,12H,2-5H2,1H3. The van der Waals surface area contributed by atoms with Crippen LogP contribution in [-0.2, 0) is 9.59 Å². The zero-order chi connectivity index (χ0) is 9.14. The van der Waals surface area contributed by atoms with Gasteiger partial charge in [0.05, 0.1) is 5.92 Å². The first-order valence-electron chi connectivity index (χ1n) is 4.34. The number of carbonyl (C=O) groups is 2. The zero-order valence-corrected chi connectivity index (χ0v) is 8.14. The Bertz CT molecular complexity index is 199. The molecule has 0 aromatic heterocycles. The van der Waals surface area contributed by atoms with E-state index in [0.717, 1.165) is 12.8 Å². The molecule has 0 heterocycles. The minimum absolute atomic E-state index is 0.0749. The fraction of sp³-hybridized carbons (Fsp3) is 0.778. The second kappa shape index (κ2) is 4.08. The molecule has 1 saturated carbocycles. The summed E-state index contributed by atoms with van der Waals surface area (Å²) in [5.74, 6) is -0.0754. The van der Waals surface area contributed by atoms with E-state index in [1.165, 1.54) is 0 Å². The molecule has 0 radical (unpaired) electrons. The largest absolute Gasteiger partial charge is 0.299 e. The molecule has 0 aromatic carbocycles. The van der Waals surface area contributed by atoms with Crippen molar-refractivity contribution in [1.29, 1.82) is 0 Å². The number of rotatable bonds is 3. The number of Topliss-reactive ketones (excluding diaryl/α,β-unsaturated/α-hetero) is 2. The summed E-state index contributed by atoms with van der Waals surface area (Å²) in [6, 6.07) is 0. The predicted molar refractivity (Wildman–Crippen MR) is 50.4 cm³/mol. The molecule has 0 N–H and O–H groups in total. The topological polar surface area (TPSA) is 34.1 Å². The van der Waals surface area contributed by atoms with Crippen LogP contribution in [0.2, 0.25) is 0 Å². The number of ketones is 2. The third-order valence-electron chi connectivity index (χ3n) is 2.19. The van der Waals surface area contributed by atoms with Crippen molar-refractivity contribution in [1.82, 2.24) is 0 Å². The lowest BCUT2D eigenvalue weighted by Gasteiger charge is -2.07. The Labute approximate surface area is 78.1 Å². The average molecular weight is 186 g/mol. The molecule has 0 aromatic rings. The Kier molecular flexibility index (Phi) is 3.32. The summed E-state index contributed by atoms with van der Waals surface area (Å²) in [7, 11) is 0. The minimum atomic E-state index is -0.292. The molecule has 1 aliphatic rings. The Hall–Kier alpha value is -0.310. The highest BCUT2D eigenvalue weighted by Crippen LogP contribution is 2.24. The van der Waals surface area contributed by atoms with Crippen molar-refractivity contribution >= 4 is 24.2 Å². The van der Waals surface area contributed by atoms with Crippen LogP contribution in [0.3, 0.4) is 0 Å². The molecule has 3 heteroatoms. The highest BCUT2D eigenvalue weighted by Gasteiger charge is 2.30. The Morgan fingerprint density at radius 3 is 2.83 bits per heavy atom. The fourth-order valence-electron chi connectivity index (χ4n) is 1.59. The second-order valence-electron chi connectivity index (χ2n) is 3.43. The highest BCUT2D eigenvalue weighted by molar-refractivity contribution is 7.80. The molecule has 0 saturated heterocycles. The number of thiol groups is 1. The third kappa shape index (κ3) is 2.34. The average Bonchev–Trinajstić information content (AvgIpc) is 2.33. The van der Waals surface area contributed by atoms with E-state index in [-0.39, 0.29) is 22.7 Å². The van der Waals surface area contributed by atoms with Crippen LogP contribution >= 0.6 is 12.6 Å². The molecule has 12 heavy (non-hydrogen) atoms. The van der Waals surface area contributed by atoms with Crippen LogP contribution in [-0.4, -0.2) is 16.8 Å². The molecular formula is C9H14O2S. The SMILES string of the molecule is CC(S)CC(=O)C1CCCC1=O. The van der Waals surface area contributed by atoms with Gasteiger partial charge in [-0.25, -0.2) is 0 Å². The lowest BCUT2D eigenvalue weighted by Crippen LogP contribution is -2.20. The Balaban J connectivity index is 2.46. The van der Waals surface area contributed by atoms with Gasteiger partial charge in [0.25, 0.3) is 0 Å². The van der Waals surface area contributed by atoms with E-state index < -0.39 is 0 Å². The molecule has 0 amide bonds. The molecule has 0 spiro atoms. The summed E-state index contributed by atoms with van der Waals surface area (Å²) < 4.78 is 0. The molecule has 0 aliphatic heterocycles. The summed E-state index contributed by atoms with van der Waals surface area (Å²) in [5, 5.41) is 0.0749. The first kappa shape index (κ1) is 9.78. The van der Waals surface area contributed by atoms with Crippen molar-refractivity contribution < 1.29 is 9.59 Å². The first-order chi connectivity index (χ1) is 5.61. The molecule has 2 atom stereocenters. The first-order valence-corrected chi connectivity index (χ1v) is 4.86. The highest BCUT2D eigenvalue weighted by atomic mass is 32.1. The van der Waals surface area contributed by atoms with E-state index in [1.54, 1.807) is 0 Å². The van der Waals surface area contributed by atoms with Crippen LogP contribution < -0.4 is 0 Å². The number of hydrogen-bond donors (Lipinski definition) is 1. The van der Waals surface area contributed by atoms with Gasteiger partial charge in [0.1, 0.15) is 11.6 Å². The van der Waals surface area contributed by atoms with Gasteiger partial charge in [-0.3, -0.25) is 9.59 Å². The number of carbonyl (C=O) groups excluding carboxylic acids is 2. The van der Waals surface area contributed by atoms with Gasteiger partial charge in [-0.15, -0.1) is 0 Å². The third-order valence-corrected chi connectivity index (χ3v) is 2.37. The number of hydrogen-bond acceptors (Lipinski definition) is 3. The van der Waals surface area contributed by atoms with Gasteiger partial charge in [0.15, 0.2) is 0 Å². The van der Waals surface area contributed by atoms with E-state index in [0.29, 0.717) is 12.8 Å². The van der Waals surface area contributed by atoms with E-state index >= 15 is 0 Å². The summed E-state index contributed by atoms with van der Waals surface area (Å²) in [6.07, 6.45) is 2.67. The summed E-state index contributed by atoms with van der Waals surface area (Å²) >= 11 is 4.13. The van der Waals surface area contributed by atoms with Gasteiger partial charge in [-0.2, -0.15) is 12.6 Å². The summed E-state index contributed by atoms with van der Waals surface area (Å²) in [5.41, 5.74) is 0. The van der Waals surface area contributed by atoms with Crippen LogP contribution in [0.4, 0.5) is 0 Å². The van der Waals surface area contributed by atoms with Crippen molar-refractivity contribution in [3.05, 3.63) is 0 Å². The summed E-state index contributed by atoms with van der Waals surface area (Å²) in [4.78, 5) is 22.5. The van der Waals surface area contributed by atoms with E-state index in [9.17, 15) is 9.59 Å². The monoisotopic (exact) mass is 186 g/mol. The van der Waals surface area contributed by atoms with Crippen LogP contribution in [0.5, 0.6) is 0 Å². The van der Waals surface area contributed by atoms with E-state index in [4.69, 9.17) is 0 Å².